The van der Waals surface area contributed by atoms with E-state index in [1.807, 2.05) is 42.5 Å². The number of ketones is 2. The highest BCUT2D eigenvalue weighted by atomic mass is 16.2. The molecule has 0 radical (unpaired) electrons. The first-order valence-electron chi connectivity index (χ1n) is 10.4. The van der Waals surface area contributed by atoms with Crippen LogP contribution in [0, 0.1) is 0 Å². The van der Waals surface area contributed by atoms with Crippen LogP contribution in [-0.4, -0.2) is 55.2 Å². The normalized spacial score (nSPS) is 17.1. The number of hydrogen-bond donors (Lipinski definition) is 0. The molecule has 6 heteroatoms. The maximum absolute atomic E-state index is 12.6. The van der Waals surface area contributed by atoms with Crippen molar-refractivity contribution in [3.8, 4) is 0 Å². The van der Waals surface area contributed by atoms with Crippen molar-refractivity contribution in [3.63, 3.8) is 0 Å². The molecule has 0 spiro atoms. The SMILES string of the molecule is CC(=O)c1ccc(N2CCN(CN3C(=O)C(=O)c4cc(C(C)C)ccc43)CC2)cc1. The molecule has 1 fully saturated rings. The van der Waals surface area contributed by atoms with Crippen molar-refractivity contribution in [2.75, 3.05) is 42.6 Å². The number of Topliss-reactive ketones (excluding diaryl/α,β-unsaturated/α-hetero) is 2. The summed E-state index contributed by atoms with van der Waals surface area (Å²) in [7, 11) is 0. The van der Waals surface area contributed by atoms with E-state index in [-0.39, 0.29) is 5.78 Å². The second kappa shape index (κ2) is 8.03. The summed E-state index contributed by atoms with van der Waals surface area (Å²) in [5, 5.41) is 0. The van der Waals surface area contributed by atoms with E-state index in [1.165, 1.54) is 0 Å². The molecule has 2 aliphatic heterocycles. The summed E-state index contributed by atoms with van der Waals surface area (Å²) in [6, 6.07) is 13.5. The zero-order valence-electron chi connectivity index (χ0n) is 17.7. The van der Waals surface area contributed by atoms with Gasteiger partial charge in [0.15, 0.2) is 5.78 Å². The molecular formula is C24H27N3O3. The lowest BCUT2D eigenvalue weighted by Crippen LogP contribution is -2.51. The van der Waals surface area contributed by atoms with E-state index in [2.05, 4.69) is 23.6 Å². The molecule has 1 amide bonds. The van der Waals surface area contributed by atoms with E-state index >= 15 is 0 Å². The summed E-state index contributed by atoms with van der Waals surface area (Å²) >= 11 is 0. The van der Waals surface area contributed by atoms with Gasteiger partial charge in [-0.25, -0.2) is 0 Å². The van der Waals surface area contributed by atoms with E-state index in [1.54, 1.807) is 11.8 Å². The first-order valence-corrected chi connectivity index (χ1v) is 10.4. The average molecular weight is 405 g/mol. The highest BCUT2D eigenvalue weighted by Gasteiger charge is 2.37. The van der Waals surface area contributed by atoms with E-state index < -0.39 is 11.7 Å². The Balaban J connectivity index is 1.41. The summed E-state index contributed by atoms with van der Waals surface area (Å²) < 4.78 is 0. The van der Waals surface area contributed by atoms with Crippen molar-refractivity contribution < 1.29 is 14.4 Å². The Morgan fingerprint density at radius 2 is 1.63 bits per heavy atom. The fraction of sp³-hybridized carbons (Fsp3) is 0.375. The molecule has 2 aromatic carbocycles. The van der Waals surface area contributed by atoms with Gasteiger partial charge in [0.2, 0.25) is 0 Å². The third-order valence-corrected chi connectivity index (χ3v) is 6.01. The Labute approximate surface area is 177 Å². The third kappa shape index (κ3) is 3.75. The number of rotatable bonds is 5. The Morgan fingerprint density at radius 3 is 2.23 bits per heavy atom. The Kier molecular flexibility index (Phi) is 5.43. The maximum Gasteiger partial charge on any atom is 0.300 e. The van der Waals surface area contributed by atoms with Crippen LogP contribution >= 0.6 is 0 Å². The van der Waals surface area contributed by atoms with Crippen molar-refractivity contribution in [1.82, 2.24) is 4.90 Å². The van der Waals surface area contributed by atoms with Crippen LogP contribution in [0.4, 0.5) is 11.4 Å². The highest BCUT2D eigenvalue weighted by molar-refractivity contribution is 6.52. The van der Waals surface area contributed by atoms with Gasteiger partial charge in [-0.1, -0.05) is 19.9 Å². The molecule has 0 aliphatic carbocycles. The van der Waals surface area contributed by atoms with Gasteiger partial charge in [0.05, 0.1) is 17.9 Å². The van der Waals surface area contributed by atoms with Gasteiger partial charge in [-0.05, 0) is 54.8 Å². The molecule has 0 aromatic heterocycles. The number of amides is 1. The monoisotopic (exact) mass is 405 g/mol. The van der Waals surface area contributed by atoms with Gasteiger partial charge in [-0.2, -0.15) is 0 Å². The number of hydrogen-bond acceptors (Lipinski definition) is 5. The van der Waals surface area contributed by atoms with Gasteiger partial charge in [0.1, 0.15) is 0 Å². The van der Waals surface area contributed by atoms with E-state index in [9.17, 15) is 14.4 Å². The van der Waals surface area contributed by atoms with Crippen molar-refractivity contribution in [1.29, 1.82) is 0 Å². The van der Waals surface area contributed by atoms with Crippen LogP contribution < -0.4 is 9.80 Å². The van der Waals surface area contributed by atoms with Gasteiger partial charge in [-0.15, -0.1) is 0 Å². The number of carbonyl (C=O) groups excluding carboxylic acids is 3. The molecule has 2 heterocycles. The number of benzene rings is 2. The fourth-order valence-corrected chi connectivity index (χ4v) is 4.07. The lowest BCUT2D eigenvalue weighted by atomic mass is 9.99. The van der Waals surface area contributed by atoms with Crippen LogP contribution in [0.3, 0.4) is 0 Å². The first-order chi connectivity index (χ1) is 14.3. The Bertz CT molecular complexity index is 989. The van der Waals surface area contributed by atoms with Crippen LogP contribution in [0.5, 0.6) is 0 Å². The quantitative estimate of drug-likeness (QED) is 0.564. The smallest absolute Gasteiger partial charge is 0.300 e. The predicted molar refractivity (Wildman–Crippen MR) is 117 cm³/mol. The lowest BCUT2D eigenvalue weighted by molar-refractivity contribution is -0.114. The van der Waals surface area contributed by atoms with Crippen LogP contribution in [0.15, 0.2) is 42.5 Å². The molecule has 4 rings (SSSR count). The number of fused-ring (bicyclic) bond motifs is 1. The minimum absolute atomic E-state index is 0.0667. The van der Waals surface area contributed by atoms with E-state index in [0.717, 1.165) is 43.1 Å². The van der Waals surface area contributed by atoms with Crippen LogP contribution in [0.25, 0.3) is 0 Å². The van der Waals surface area contributed by atoms with Crippen molar-refractivity contribution >= 4 is 28.8 Å². The summed E-state index contributed by atoms with van der Waals surface area (Å²) in [6.45, 7) is 9.40. The molecule has 1 saturated heterocycles. The standard InChI is InChI=1S/C24H27N3O3/c1-16(2)19-6-9-22-21(14-19)23(29)24(30)27(22)15-25-10-12-26(13-11-25)20-7-4-18(5-8-20)17(3)28/h4-9,14,16H,10-13,15H2,1-3H3. The Morgan fingerprint density at radius 1 is 0.967 bits per heavy atom. The molecule has 0 N–H and O–H groups in total. The molecule has 2 aliphatic rings. The highest BCUT2D eigenvalue weighted by Crippen LogP contribution is 2.32. The van der Waals surface area contributed by atoms with Crippen molar-refractivity contribution in [3.05, 3.63) is 59.2 Å². The number of piperazine rings is 1. The van der Waals surface area contributed by atoms with E-state index in [0.29, 0.717) is 23.7 Å². The lowest BCUT2D eigenvalue weighted by Gasteiger charge is -2.37. The average Bonchev–Trinajstić information content (AvgIpc) is 2.98. The van der Waals surface area contributed by atoms with E-state index in [4.69, 9.17) is 0 Å². The second-order valence-electron chi connectivity index (χ2n) is 8.34. The van der Waals surface area contributed by atoms with Gasteiger partial charge in [0.25, 0.3) is 5.78 Å². The van der Waals surface area contributed by atoms with Gasteiger partial charge in [-0.3, -0.25) is 24.2 Å². The molecule has 30 heavy (non-hydrogen) atoms. The maximum atomic E-state index is 12.6. The van der Waals surface area contributed by atoms with Crippen LogP contribution in [0.2, 0.25) is 0 Å². The van der Waals surface area contributed by atoms with Gasteiger partial charge >= 0.3 is 5.91 Å². The first kappa shape index (κ1) is 20.3. The van der Waals surface area contributed by atoms with Crippen LogP contribution in [-0.2, 0) is 4.79 Å². The molecule has 6 nitrogen and oxygen atoms in total. The number of anilines is 2. The van der Waals surface area contributed by atoms with Gasteiger partial charge in [0, 0.05) is 37.4 Å². The third-order valence-electron chi connectivity index (χ3n) is 6.01. The second-order valence-corrected chi connectivity index (χ2v) is 8.34. The minimum atomic E-state index is -0.437. The summed E-state index contributed by atoms with van der Waals surface area (Å²) in [4.78, 5) is 42.6. The number of nitrogens with zero attached hydrogens (tertiary/aromatic N) is 3. The largest absolute Gasteiger partial charge is 0.369 e. The van der Waals surface area contributed by atoms with Gasteiger partial charge < -0.3 is 4.90 Å². The molecule has 0 bridgehead atoms. The zero-order chi connectivity index (χ0) is 21.4. The summed E-state index contributed by atoms with van der Waals surface area (Å²) in [5.74, 6) is -0.466. The molecule has 156 valence electrons. The summed E-state index contributed by atoms with van der Waals surface area (Å²) in [5.41, 5.74) is 4.13. The molecular weight excluding hydrogens is 378 g/mol. The van der Waals surface area contributed by atoms with Crippen molar-refractivity contribution in [2.24, 2.45) is 0 Å². The summed E-state index contributed by atoms with van der Waals surface area (Å²) in [6.07, 6.45) is 0. The molecule has 0 atom stereocenters. The topological polar surface area (TPSA) is 60.9 Å². The predicted octanol–water partition coefficient (Wildman–Crippen LogP) is 3.32. The Hall–Kier alpha value is -2.99. The zero-order valence-corrected chi connectivity index (χ0v) is 17.7. The van der Waals surface area contributed by atoms with Crippen LogP contribution in [0.1, 0.15) is 53.0 Å². The minimum Gasteiger partial charge on any atom is -0.369 e. The molecule has 0 unspecified atom stereocenters. The van der Waals surface area contributed by atoms with Crippen molar-refractivity contribution in [2.45, 2.75) is 26.7 Å². The fourth-order valence-electron chi connectivity index (χ4n) is 4.07. The molecule has 2 aromatic rings. The number of carbonyl (C=O) groups is 3. The molecule has 0 saturated carbocycles.